The minimum absolute atomic E-state index is 0.0321. The van der Waals surface area contributed by atoms with Gasteiger partial charge in [-0.1, -0.05) is 75.8 Å². The maximum Gasteiger partial charge on any atom is 0.326 e. The van der Waals surface area contributed by atoms with Crippen molar-refractivity contribution in [1.29, 1.82) is 0 Å². The molecule has 1 saturated heterocycles. The molecule has 1 aliphatic heterocycles. The van der Waals surface area contributed by atoms with Gasteiger partial charge in [-0.05, 0) is 60.1 Å². The predicted octanol–water partition coefficient (Wildman–Crippen LogP) is 5.36. The number of hydrogen-bond donors (Lipinski definition) is 2. The molecule has 2 aromatic rings. The average Bonchev–Trinajstić information content (AvgIpc) is 2.99. The van der Waals surface area contributed by atoms with Crippen LogP contribution in [0.3, 0.4) is 0 Å². The highest BCUT2D eigenvalue weighted by molar-refractivity contribution is 6.02. The van der Waals surface area contributed by atoms with Crippen LogP contribution in [0.1, 0.15) is 79.8 Å². The lowest BCUT2D eigenvalue weighted by Gasteiger charge is -2.32. The van der Waals surface area contributed by atoms with Crippen LogP contribution >= 0.6 is 0 Å². The zero-order chi connectivity index (χ0) is 29.2. The normalized spacial score (nSPS) is 17.6. The molecule has 0 radical (unpaired) electrons. The van der Waals surface area contributed by atoms with Crippen LogP contribution in [-0.4, -0.2) is 66.2 Å². The van der Waals surface area contributed by atoms with Crippen molar-refractivity contribution in [2.45, 2.75) is 84.0 Å². The third-order valence-electron chi connectivity index (χ3n) is 8.27. The number of amides is 2. The number of carbonyl (C=O) groups is 3. The van der Waals surface area contributed by atoms with E-state index in [1.165, 1.54) is 19.3 Å². The van der Waals surface area contributed by atoms with Crippen molar-refractivity contribution in [2.24, 2.45) is 5.92 Å². The van der Waals surface area contributed by atoms with Gasteiger partial charge in [0.2, 0.25) is 0 Å². The van der Waals surface area contributed by atoms with Crippen LogP contribution in [-0.2, 0) is 25.7 Å². The Labute approximate surface area is 243 Å². The predicted molar refractivity (Wildman–Crippen MR) is 158 cm³/mol. The van der Waals surface area contributed by atoms with Gasteiger partial charge >= 0.3 is 5.97 Å². The summed E-state index contributed by atoms with van der Waals surface area (Å²) in [6, 6.07) is 12.4. The zero-order valence-electron chi connectivity index (χ0n) is 24.4. The Hall–Kier alpha value is -3.23. The summed E-state index contributed by atoms with van der Waals surface area (Å²) in [7, 11) is 0. The number of rotatable bonds is 12. The van der Waals surface area contributed by atoms with Crippen molar-refractivity contribution < 1.29 is 29.0 Å². The quantitative estimate of drug-likeness (QED) is 0.360. The molecule has 1 saturated carbocycles. The topological polar surface area (TPSA) is 105 Å². The van der Waals surface area contributed by atoms with Crippen LogP contribution in [0.15, 0.2) is 42.5 Å². The summed E-state index contributed by atoms with van der Waals surface area (Å²) < 4.78 is 11.8. The molecule has 41 heavy (non-hydrogen) atoms. The van der Waals surface area contributed by atoms with Crippen LogP contribution in [0, 0.1) is 12.8 Å². The maximum atomic E-state index is 13.5. The molecule has 8 nitrogen and oxygen atoms in total. The van der Waals surface area contributed by atoms with Crippen molar-refractivity contribution in [3.63, 3.8) is 0 Å². The fourth-order valence-electron chi connectivity index (χ4n) is 5.91. The van der Waals surface area contributed by atoms with E-state index in [9.17, 15) is 19.5 Å². The Morgan fingerprint density at radius 1 is 1.05 bits per heavy atom. The summed E-state index contributed by atoms with van der Waals surface area (Å²) in [4.78, 5) is 40.4. The number of nitrogens with one attached hydrogen (secondary N) is 1. The lowest BCUT2D eigenvalue weighted by atomic mass is 9.85. The second-order valence-electron chi connectivity index (χ2n) is 11.3. The second kappa shape index (κ2) is 15.1. The number of carboxylic acids is 1. The molecule has 4 rings (SSSR count). The Morgan fingerprint density at radius 2 is 1.78 bits per heavy atom. The number of benzene rings is 2. The average molecular weight is 565 g/mol. The van der Waals surface area contributed by atoms with Crippen LogP contribution in [0.4, 0.5) is 0 Å². The first kappa shape index (κ1) is 30.7. The molecular weight excluding hydrogens is 520 g/mol. The number of morpholine rings is 1. The molecule has 2 atom stereocenters. The number of nitrogens with zero attached hydrogens (tertiary/aromatic N) is 1. The fraction of sp³-hybridized carbons (Fsp3) is 0.545. The van der Waals surface area contributed by atoms with E-state index in [0.29, 0.717) is 56.2 Å². The Bertz CT molecular complexity index is 1190. The molecule has 1 aliphatic carbocycles. The van der Waals surface area contributed by atoms with E-state index in [-0.39, 0.29) is 12.5 Å². The molecule has 0 spiro atoms. The zero-order valence-corrected chi connectivity index (χ0v) is 24.4. The first-order valence-corrected chi connectivity index (χ1v) is 15.1. The molecule has 2 amide bonds. The van der Waals surface area contributed by atoms with E-state index in [4.69, 9.17) is 9.47 Å². The standard InChI is InChI=1S/C33H44N2O6/c1-3-9-29(33(38)39)34-31(36)27-15-14-25(20-28(27)26-13-8-7-10-23(26)2)22-41-30(21-24-11-5-4-6-12-24)32(37)35-16-18-40-19-17-35/h7-8,10,13-15,20,24,29-30H,3-6,9,11-12,16-19,21-22H2,1-2H3,(H,34,36)(H,38,39)/t29-,30?/m0/s1. The van der Waals surface area contributed by atoms with Crippen molar-refractivity contribution in [3.8, 4) is 11.1 Å². The number of aliphatic carboxylic acids is 1. The van der Waals surface area contributed by atoms with Gasteiger partial charge in [0.1, 0.15) is 12.1 Å². The first-order valence-electron chi connectivity index (χ1n) is 15.1. The highest BCUT2D eigenvalue weighted by Gasteiger charge is 2.30. The lowest BCUT2D eigenvalue weighted by molar-refractivity contribution is -0.150. The molecule has 8 heteroatoms. The van der Waals surface area contributed by atoms with E-state index >= 15 is 0 Å². The van der Waals surface area contributed by atoms with Crippen LogP contribution in [0.5, 0.6) is 0 Å². The summed E-state index contributed by atoms with van der Waals surface area (Å²) in [5, 5.41) is 12.3. The van der Waals surface area contributed by atoms with Gasteiger partial charge < -0.3 is 24.8 Å². The molecule has 0 aromatic heterocycles. The van der Waals surface area contributed by atoms with Gasteiger partial charge in [0.25, 0.3) is 11.8 Å². The molecule has 2 fully saturated rings. The van der Waals surface area contributed by atoms with Gasteiger partial charge in [-0.25, -0.2) is 4.79 Å². The molecule has 2 aliphatic rings. The van der Waals surface area contributed by atoms with E-state index < -0.39 is 24.0 Å². The smallest absolute Gasteiger partial charge is 0.326 e. The van der Waals surface area contributed by atoms with Crippen LogP contribution < -0.4 is 5.32 Å². The minimum atomic E-state index is -1.04. The summed E-state index contributed by atoms with van der Waals surface area (Å²) >= 11 is 0. The van der Waals surface area contributed by atoms with Gasteiger partial charge in [-0.15, -0.1) is 0 Å². The third-order valence-corrected chi connectivity index (χ3v) is 8.27. The van der Waals surface area contributed by atoms with E-state index in [2.05, 4.69) is 5.32 Å². The summed E-state index contributed by atoms with van der Waals surface area (Å²) in [5.41, 5.74) is 3.87. The number of carbonyl (C=O) groups excluding carboxylic acids is 2. The molecule has 2 N–H and O–H groups in total. The van der Waals surface area contributed by atoms with Crippen molar-refractivity contribution >= 4 is 17.8 Å². The Morgan fingerprint density at radius 3 is 2.46 bits per heavy atom. The van der Waals surface area contributed by atoms with Gasteiger partial charge in [0.05, 0.1) is 19.8 Å². The monoisotopic (exact) mass is 564 g/mol. The van der Waals surface area contributed by atoms with Gasteiger partial charge in [-0.3, -0.25) is 9.59 Å². The maximum absolute atomic E-state index is 13.5. The van der Waals surface area contributed by atoms with Crippen molar-refractivity contribution in [2.75, 3.05) is 26.3 Å². The third kappa shape index (κ3) is 8.39. The molecule has 1 unspecified atom stereocenters. The fourth-order valence-corrected chi connectivity index (χ4v) is 5.91. The van der Waals surface area contributed by atoms with E-state index in [1.807, 2.05) is 55.1 Å². The summed E-state index contributed by atoms with van der Waals surface area (Å²) in [6.45, 7) is 6.37. The SMILES string of the molecule is CCC[C@H](NC(=O)c1ccc(COC(CC2CCCCC2)C(=O)N2CCOCC2)cc1-c1ccccc1C)C(=O)O. The van der Waals surface area contributed by atoms with Crippen LogP contribution in [0.25, 0.3) is 11.1 Å². The van der Waals surface area contributed by atoms with Crippen molar-refractivity contribution in [3.05, 3.63) is 59.2 Å². The number of ether oxygens (including phenoxy) is 2. The highest BCUT2D eigenvalue weighted by atomic mass is 16.5. The van der Waals surface area contributed by atoms with E-state index in [0.717, 1.165) is 36.0 Å². The minimum Gasteiger partial charge on any atom is -0.480 e. The first-order chi connectivity index (χ1) is 19.9. The molecule has 2 aromatic carbocycles. The number of aryl methyl sites for hydroxylation is 1. The molecule has 1 heterocycles. The van der Waals surface area contributed by atoms with Crippen molar-refractivity contribution in [1.82, 2.24) is 10.2 Å². The number of hydrogen-bond acceptors (Lipinski definition) is 5. The van der Waals surface area contributed by atoms with Crippen LogP contribution in [0.2, 0.25) is 0 Å². The van der Waals surface area contributed by atoms with Gasteiger partial charge in [0.15, 0.2) is 0 Å². The molecular formula is C33H44N2O6. The molecule has 222 valence electrons. The van der Waals surface area contributed by atoms with Gasteiger partial charge in [0, 0.05) is 18.7 Å². The Balaban J connectivity index is 1.57. The Kier molecular flexibility index (Phi) is 11.3. The molecule has 0 bridgehead atoms. The second-order valence-corrected chi connectivity index (χ2v) is 11.3. The highest BCUT2D eigenvalue weighted by Crippen LogP contribution is 2.31. The summed E-state index contributed by atoms with van der Waals surface area (Å²) in [6.07, 6.45) is 7.12. The number of carboxylic acid groups (broad SMARTS) is 1. The van der Waals surface area contributed by atoms with Gasteiger partial charge in [-0.2, -0.15) is 0 Å². The summed E-state index contributed by atoms with van der Waals surface area (Å²) in [5.74, 6) is -0.951. The lowest BCUT2D eigenvalue weighted by Crippen LogP contribution is -2.47. The largest absolute Gasteiger partial charge is 0.480 e. The van der Waals surface area contributed by atoms with E-state index in [1.54, 1.807) is 6.07 Å².